The molecule has 1 atom stereocenters. The highest BCUT2D eigenvalue weighted by Gasteiger charge is 2.31. The van der Waals surface area contributed by atoms with E-state index in [-0.39, 0.29) is 12.5 Å². The second-order valence-corrected chi connectivity index (χ2v) is 4.62. The highest BCUT2D eigenvalue weighted by Crippen LogP contribution is 2.36. The van der Waals surface area contributed by atoms with Crippen molar-refractivity contribution in [3.05, 3.63) is 28.8 Å². The van der Waals surface area contributed by atoms with Crippen LogP contribution in [0.2, 0.25) is 0 Å². The fourth-order valence-corrected chi connectivity index (χ4v) is 2.46. The molecule has 3 N–H and O–H groups in total. The van der Waals surface area contributed by atoms with Crippen LogP contribution >= 0.6 is 0 Å². The number of hydrogen-bond donors (Lipinski definition) is 2. The monoisotopic (exact) mass is 248 g/mol. The van der Waals surface area contributed by atoms with Crippen LogP contribution in [0, 0.1) is 6.92 Å². The summed E-state index contributed by atoms with van der Waals surface area (Å²) in [5, 5.41) is 9.22. The molecule has 1 amide bonds. The first-order valence-corrected chi connectivity index (χ1v) is 5.78. The van der Waals surface area contributed by atoms with Gasteiger partial charge in [0.1, 0.15) is 0 Å². The standard InChI is InChI=1S/C13H16N2O3/c1-7-3-8-5-11(16)15(2)12(8)9(4-7)10(6-14)13(17)18/h3-4,10H,5-6,14H2,1-2H3,(H,17,18). The molecule has 0 radical (unpaired) electrons. The molecule has 0 spiro atoms. The molecule has 1 unspecified atom stereocenters. The van der Waals surface area contributed by atoms with Crippen LogP contribution in [-0.4, -0.2) is 30.6 Å². The van der Waals surface area contributed by atoms with Crippen molar-refractivity contribution in [1.82, 2.24) is 0 Å². The summed E-state index contributed by atoms with van der Waals surface area (Å²) in [6.07, 6.45) is 0.331. The molecule has 18 heavy (non-hydrogen) atoms. The zero-order valence-electron chi connectivity index (χ0n) is 10.4. The molecular weight excluding hydrogens is 232 g/mol. The minimum Gasteiger partial charge on any atom is -0.481 e. The van der Waals surface area contributed by atoms with Gasteiger partial charge in [0.15, 0.2) is 0 Å². The number of carboxylic acids is 1. The van der Waals surface area contributed by atoms with Crippen LogP contribution in [0.4, 0.5) is 5.69 Å². The lowest BCUT2D eigenvalue weighted by Gasteiger charge is -2.20. The molecule has 5 nitrogen and oxygen atoms in total. The molecule has 0 saturated heterocycles. The fraction of sp³-hybridized carbons (Fsp3) is 0.385. The topological polar surface area (TPSA) is 83.6 Å². The molecule has 2 rings (SSSR count). The van der Waals surface area contributed by atoms with E-state index in [2.05, 4.69) is 0 Å². The van der Waals surface area contributed by atoms with Crippen LogP contribution in [-0.2, 0) is 16.0 Å². The van der Waals surface area contributed by atoms with Crippen molar-refractivity contribution in [2.24, 2.45) is 5.73 Å². The van der Waals surface area contributed by atoms with Crippen molar-refractivity contribution in [3.8, 4) is 0 Å². The van der Waals surface area contributed by atoms with Crippen molar-refractivity contribution in [3.63, 3.8) is 0 Å². The Kier molecular flexibility index (Phi) is 3.09. The smallest absolute Gasteiger partial charge is 0.312 e. The molecule has 1 aliphatic heterocycles. The number of anilines is 1. The fourth-order valence-electron chi connectivity index (χ4n) is 2.46. The van der Waals surface area contributed by atoms with E-state index >= 15 is 0 Å². The van der Waals surface area contributed by atoms with Gasteiger partial charge in [0, 0.05) is 13.6 Å². The van der Waals surface area contributed by atoms with Crippen molar-refractivity contribution >= 4 is 17.6 Å². The number of fused-ring (bicyclic) bond motifs is 1. The van der Waals surface area contributed by atoms with Gasteiger partial charge in [-0.05, 0) is 18.1 Å². The Bertz CT molecular complexity index is 525. The number of amides is 1. The third kappa shape index (κ3) is 1.86. The number of likely N-dealkylation sites (N-methyl/N-ethyl adjacent to an activating group) is 1. The molecule has 96 valence electrons. The second-order valence-electron chi connectivity index (χ2n) is 4.62. The average Bonchev–Trinajstić information content (AvgIpc) is 2.54. The van der Waals surface area contributed by atoms with E-state index in [1.54, 1.807) is 13.1 Å². The summed E-state index contributed by atoms with van der Waals surface area (Å²) in [4.78, 5) is 24.5. The molecule has 0 bridgehead atoms. The molecular formula is C13H16N2O3. The van der Waals surface area contributed by atoms with Gasteiger partial charge in [-0.25, -0.2) is 0 Å². The van der Waals surface area contributed by atoms with Crippen molar-refractivity contribution in [2.75, 3.05) is 18.5 Å². The number of rotatable bonds is 3. The Labute approximate surface area is 105 Å². The van der Waals surface area contributed by atoms with Gasteiger partial charge in [0.25, 0.3) is 0 Å². The van der Waals surface area contributed by atoms with Crippen LogP contribution in [0.25, 0.3) is 0 Å². The summed E-state index contributed by atoms with van der Waals surface area (Å²) in [6, 6.07) is 3.73. The lowest BCUT2D eigenvalue weighted by molar-refractivity contribution is -0.138. The summed E-state index contributed by atoms with van der Waals surface area (Å²) in [6.45, 7) is 1.91. The first kappa shape index (κ1) is 12.6. The summed E-state index contributed by atoms with van der Waals surface area (Å²) < 4.78 is 0. The molecule has 0 saturated carbocycles. The van der Waals surface area contributed by atoms with Gasteiger partial charge in [-0.2, -0.15) is 0 Å². The van der Waals surface area contributed by atoms with Gasteiger partial charge in [0.05, 0.1) is 18.0 Å². The van der Waals surface area contributed by atoms with Gasteiger partial charge in [-0.3, -0.25) is 9.59 Å². The van der Waals surface area contributed by atoms with Crippen molar-refractivity contribution in [2.45, 2.75) is 19.3 Å². The predicted molar refractivity (Wildman–Crippen MR) is 67.7 cm³/mol. The SMILES string of the molecule is Cc1cc2c(c(C(CN)C(=O)O)c1)N(C)C(=O)C2. The van der Waals surface area contributed by atoms with E-state index in [9.17, 15) is 14.7 Å². The number of carbonyl (C=O) groups excluding carboxylic acids is 1. The number of aliphatic carboxylic acids is 1. The lowest BCUT2D eigenvalue weighted by atomic mass is 9.93. The summed E-state index contributed by atoms with van der Waals surface area (Å²) >= 11 is 0. The molecule has 1 aliphatic rings. The first-order chi connectivity index (χ1) is 8.45. The zero-order valence-corrected chi connectivity index (χ0v) is 10.4. The quantitative estimate of drug-likeness (QED) is 0.822. The summed E-state index contributed by atoms with van der Waals surface area (Å²) in [5.74, 6) is -1.75. The van der Waals surface area contributed by atoms with Gasteiger partial charge >= 0.3 is 5.97 Å². The summed E-state index contributed by atoms with van der Waals surface area (Å²) in [7, 11) is 1.67. The first-order valence-electron chi connectivity index (χ1n) is 5.78. The number of carbonyl (C=O) groups is 2. The second kappa shape index (κ2) is 4.42. The number of benzene rings is 1. The van der Waals surface area contributed by atoms with E-state index in [0.717, 1.165) is 11.1 Å². The number of hydrogen-bond acceptors (Lipinski definition) is 3. The average molecular weight is 248 g/mol. The largest absolute Gasteiger partial charge is 0.481 e. The molecule has 5 heteroatoms. The third-order valence-corrected chi connectivity index (χ3v) is 3.32. The van der Waals surface area contributed by atoms with Crippen molar-refractivity contribution < 1.29 is 14.7 Å². The Hall–Kier alpha value is -1.88. The summed E-state index contributed by atoms with van der Waals surface area (Å²) in [5.41, 5.74) is 8.73. The van der Waals surface area contributed by atoms with E-state index in [1.165, 1.54) is 4.90 Å². The lowest BCUT2D eigenvalue weighted by Crippen LogP contribution is -2.26. The van der Waals surface area contributed by atoms with Crippen LogP contribution in [0.15, 0.2) is 12.1 Å². The Morgan fingerprint density at radius 2 is 2.22 bits per heavy atom. The maximum absolute atomic E-state index is 11.7. The molecule has 0 aliphatic carbocycles. The Morgan fingerprint density at radius 1 is 1.56 bits per heavy atom. The minimum atomic E-state index is -0.960. The number of nitrogens with two attached hydrogens (primary N) is 1. The maximum atomic E-state index is 11.7. The molecule has 0 aromatic heterocycles. The van der Waals surface area contributed by atoms with Crippen molar-refractivity contribution in [1.29, 1.82) is 0 Å². The van der Waals surface area contributed by atoms with E-state index in [1.807, 2.05) is 13.0 Å². The number of carboxylic acid groups (broad SMARTS) is 1. The van der Waals surface area contributed by atoms with Gasteiger partial charge in [0.2, 0.25) is 5.91 Å². The molecule has 0 fully saturated rings. The number of nitrogens with zero attached hydrogens (tertiary/aromatic N) is 1. The minimum absolute atomic E-state index is 0.0157. The van der Waals surface area contributed by atoms with Gasteiger partial charge in [-0.15, -0.1) is 0 Å². The van der Waals surface area contributed by atoms with E-state index < -0.39 is 11.9 Å². The van der Waals surface area contributed by atoms with E-state index in [4.69, 9.17) is 5.73 Å². The predicted octanol–water partition coefficient (Wildman–Crippen LogP) is 0.641. The molecule has 1 heterocycles. The van der Waals surface area contributed by atoms with Crippen LogP contribution < -0.4 is 10.6 Å². The molecule has 1 aromatic carbocycles. The van der Waals surface area contributed by atoms with Gasteiger partial charge in [-0.1, -0.05) is 17.7 Å². The molecule has 1 aromatic rings. The third-order valence-electron chi connectivity index (χ3n) is 3.32. The van der Waals surface area contributed by atoms with Crippen LogP contribution in [0.3, 0.4) is 0 Å². The highest BCUT2D eigenvalue weighted by atomic mass is 16.4. The van der Waals surface area contributed by atoms with E-state index in [0.29, 0.717) is 17.7 Å². The Morgan fingerprint density at radius 3 is 2.78 bits per heavy atom. The van der Waals surface area contributed by atoms with Crippen LogP contribution in [0.1, 0.15) is 22.6 Å². The highest BCUT2D eigenvalue weighted by molar-refractivity contribution is 6.02. The number of aryl methyl sites for hydroxylation is 1. The maximum Gasteiger partial charge on any atom is 0.312 e. The van der Waals surface area contributed by atoms with Crippen LogP contribution in [0.5, 0.6) is 0 Å². The zero-order chi connectivity index (χ0) is 13.4. The normalized spacial score (nSPS) is 15.7. The van der Waals surface area contributed by atoms with Gasteiger partial charge < -0.3 is 15.7 Å². The Balaban J connectivity index is 2.62.